The Morgan fingerprint density at radius 1 is 1.17 bits per heavy atom. The third-order valence-corrected chi connectivity index (χ3v) is 7.98. The lowest BCUT2D eigenvalue weighted by Crippen LogP contribution is -2.67. The fourth-order valence-corrected chi connectivity index (χ4v) is 6.18. The Labute approximate surface area is 186 Å². The highest BCUT2D eigenvalue weighted by atomic mass is 79.9. The molecule has 3 fully saturated rings. The van der Waals surface area contributed by atoms with E-state index in [2.05, 4.69) is 63.9 Å². The molecule has 0 aliphatic carbocycles. The Morgan fingerprint density at radius 2 is 1.97 bits per heavy atom. The van der Waals surface area contributed by atoms with Gasteiger partial charge < -0.3 is 9.59 Å². The quantitative estimate of drug-likeness (QED) is 0.392. The molecule has 2 aromatic carbocycles. The van der Waals surface area contributed by atoms with Crippen molar-refractivity contribution in [3.05, 3.63) is 89.0 Å². The third kappa shape index (κ3) is 3.41. The lowest BCUT2D eigenvalue weighted by molar-refractivity contribution is -0.984. The van der Waals surface area contributed by atoms with Crippen molar-refractivity contribution in [1.29, 1.82) is 0 Å². The first-order valence-electron chi connectivity index (χ1n) is 10.8. The Kier molecular flexibility index (Phi) is 5.26. The van der Waals surface area contributed by atoms with Crippen molar-refractivity contribution in [3.63, 3.8) is 0 Å². The van der Waals surface area contributed by atoms with Gasteiger partial charge in [0, 0.05) is 40.4 Å². The number of para-hydroxylation sites is 1. The molecule has 0 saturated carbocycles. The molecule has 2 bridgehead atoms. The number of benzene rings is 2. The summed E-state index contributed by atoms with van der Waals surface area (Å²) in [6.07, 6.45) is 5.76. The van der Waals surface area contributed by atoms with Gasteiger partial charge in [-0.2, -0.15) is 0 Å². The van der Waals surface area contributed by atoms with E-state index in [0.29, 0.717) is 11.8 Å². The number of nitrogens with zero attached hydrogens (tertiary/aromatic N) is 2. The number of fused-ring (bicyclic) bond motifs is 4. The lowest BCUT2D eigenvalue weighted by Gasteiger charge is -2.58. The minimum atomic E-state index is -0.498. The normalized spacial score (nSPS) is 29.1. The lowest BCUT2D eigenvalue weighted by atomic mass is 9.71. The number of aromatic nitrogens is 1. The fraction of sp³-hybridized carbons (Fsp3) is 0.346. The van der Waals surface area contributed by atoms with E-state index in [-0.39, 0.29) is 6.04 Å². The van der Waals surface area contributed by atoms with Gasteiger partial charge >= 0.3 is 0 Å². The summed E-state index contributed by atoms with van der Waals surface area (Å²) in [6, 6.07) is 19.0. The molecule has 0 amide bonds. The van der Waals surface area contributed by atoms with Crippen LogP contribution in [0.25, 0.3) is 10.9 Å². The molecule has 1 aromatic heterocycles. The SMILES string of the molecule is C=C[C@H]1C[N+]2(Cc3ccc(Br)cc3)CCC1C[C@@H]2[C@@H](O)c1ccnc2ccccc12. The fourth-order valence-electron chi connectivity index (χ4n) is 5.92. The predicted octanol–water partition coefficient (Wildman–Crippen LogP) is 5.64. The van der Waals surface area contributed by atoms with Crippen LogP contribution in [0, 0.1) is 11.8 Å². The Morgan fingerprint density at radius 3 is 2.77 bits per heavy atom. The van der Waals surface area contributed by atoms with Crippen LogP contribution in [-0.2, 0) is 6.54 Å². The molecule has 30 heavy (non-hydrogen) atoms. The number of hydrogen-bond acceptors (Lipinski definition) is 2. The number of rotatable bonds is 5. The van der Waals surface area contributed by atoms with Crippen LogP contribution < -0.4 is 0 Å². The smallest absolute Gasteiger partial charge is 0.131 e. The van der Waals surface area contributed by atoms with Crippen molar-refractivity contribution in [2.75, 3.05) is 13.1 Å². The molecule has 4 heteroatoms. The molecule has 3 aliphatic heterocycles. The second-order valence-electron chi connectivity index (χ2n) is 9.02. The molecule has 6 rings (SSSR count). The maximum absolute atomic E-state index is 11.7. The van der Waals surface area contributed by atoms with Crippen molar-refractivity contribution < 1.29 is 9.59 Å². The van der Waals surface area contributed by atoms with Crippen LogP contribution in [-0.4, -0.2) is 33.7 Å². The topological polar surface area (TPSA) is 33.1 Å². The van der Waals surface area contributed by atoms with Crippen molar-refractivity contribution in [2.24, 2.45) is 11.8 Å². The maximum Gasteiger partial charge on any atom is 0.131 e. The molecule has 5 atom stereocenters. The Hall–Kier alpha value is -2.01. The molecule has 3 aliphatic rings. The van der Waals surface area contributed by atoms with Crippen LogP contribution in [0.3, 0.4) is 0 Å². The maximum atomic E-state index is 11.7. The molecule has 3 nitrogen and oxygen atoms in total. The zero-order valence-corrected chi connectivity index (χ0v) is 18.7. The Bertz CT molecular complexity index is 1060. The summed E-state index contributed by atoms with van der Waals surface area (Å²) in [5.41, 5.74) is 3.30. The molecule has 1 N–H and O–H groups in total. The van der Waals surface area contributed by atoms with Crippen molar-refractivity contribution in [1.82, 2.24) is 4.98 Å². The van der Waals surface area contributed by atoms with Crippen LogP contribution in [0.4, 0.5) is 0 Å². The molecule has 0 spiro atoms. The average Bonchev–Trinajstić information content (AvgIpc) is 2.79. The second-order valence-corrected chi connectivity index (χ2v) is 9.94. The van der Waals surface area contributed by atoms with Crippen LogP contribution >= 0.6 is 15.9 Å². The summed E-state index contributed by atoms with van der Waals surface area (Å²) in [5, 5.41) is 12.8. The van der Waals surface area contributed by atoms with E-state index in [1.165, 1.54) is 12.0 Å². The summed E-state index contributed by atoms with van der Waals surface area (Å²) < 4.78 is 2.04. The molecule has 3 saturated heterocycles. The number of pyridine rings is 1. The highest BCUT2D eigenvalue weighted by Gasteiger charge is 2.53. The third-order valence-electron chi connectivity index (χ3n) is 7.45. The van der Waals surface area contributed by atoms with Gasteiger partial charge in [-0.15, -0.1) is 6.58 Å². The van der Waals surface area contributed by atoms with Gasteiger partial charge in [0.2, 0.25) is 0 Å². The van der Waals surface area contributed by atoms with Gasteiger partial charge in [0.25, 0.3) is 0 Å². The number of halogens is 1. The summed E-state index contributed by atoms with van der Waals surface area (Å²) >= 11 is 3.55. The van der Waals surface area contributed by atoms with Crippen molar-refractivity contribution >= 4 is 26.8 Å². The number of aliphatic hydroxyl groups is 1. The Balaban J connectivity index is 1.55. The second kappa shape index (κ2) is 7.92. The predicted molar refractivity (Wildman–Crippen MR) is 125 cm³/mol. The van der Waals surface area contributed by atoms with E-state index >= 15 is 0 Å². The van der Waals surface area contributed by atoms with Gasteiger partial charge in [0.15, 0.2) is 0 Å². The molecule has 3 aromatic rings. The van der Waals surface area contributed by atoms with E-state index in [1.807, 2.05) is 30.5 Å². The number of piperidine rings is 3. The largest absolute Gasteiger partial charge is 0.382 e. The minimum absolute atomic E-state index is 0.189. The van der Waals surface area contributed by atoms with Crippen LogP contribution in [0.1, 0.15) is 30.1 Å². The molecule has 4 heterocycles. The zero-order chi connectivity index (χ0) is 20.7. The van der Waals surface area contributed by atoms with Crippen LogP contribution in [0.15, 0.2) is 77.9 Å². The van der Waals surface area contributed by atoms with E-state index in [9.17, 15) is 5.11 Å². The number of hydrogen-bond donors (Lipinski definition) is 1. The minimum Gasteiger partial charge on any atom is -0.382 e. The summed E-state index contributed by atoms with van der Waals surface area (Å²) in [6.45, 7) is 7.27. The van der Waals surface area contributed by atoms with Gasteiger partial charge in [0.1, 0.15) is 18.7 Å². The van der Waals surface area contributed by atoms with E-state index < -0.39 is 6.10 Å². The van der Waals surface area contributed by atoms with E-state index in [1.54, 1.807) is 0 Å². The standard InChI is InChI=1S/C26H28BrN2O/c1-2-19-17-29(16-18-7-9-21(27)10-8-18)14-12-20(19)15-25(29)26(30)23-11-13-28-24-6-4-3-5-22(23)24/h2-11,13,19-20,25-26,30H,1,12,14-17H2/q+1/t19-,20?,25+,26-,29?/m0/s1. The first-order valence-corrected chi connectivity index (χ1v) is 11.6. The number of aliphatic hydroxyl groups excluding tert-OH is 1. The summed E-state index contributed by atoms with van der Waals surface area (Å²) in [4.78, 5) is 4.50. The monoisotopic (exact) mass is 463 g/mol. The first kappa shape index (κ1) is 19.9. The van der Waals surface area contributed by atoms with E-state index in [0.717, 1.165) is 51.5 Å². The van der Waals surface area contributed by atoms with E-state index in [4.69, 9.17) is 0 Å². The first-order chi connectivity index (χ1) is 14.6. The molecule has 0 radical (unpaired) electrons. The van der Waals surface area contributed by atoms with Crippen LogP contribution in [0.2, 0.25) is 0 Å². The van der Waals surface area contributed by atoms with Gasteiger partial charge in [-0.05, 0) is 35.7 Å². The zero-order valence-electron chi connectivity index (χ0n) is 17.1. The van der Waals surface area contributed by atoms with Crippen molar-refractivity contribution in [3.8, 4) is 0 Å². The van der Waals surface area contributed by atoms with Crippen molar-refractivity contribution in [2.45, 2.75) is 31.5 Å². The number of quaternary nitrogens is 1. The molecular formula is C26H28BrN2O+. The van der Waals surface area contributed by atoms with Crippen LogP contribution in [0.5, 0.6) is 0 Å². The van der Waals surface area contributed by atoms with Gasteiger partial charge in [-0.25, -0.2) is 0 Å². The molecule has 154 valence electrons. The molecular weight excluding hydrogens is 436 g/mol. The average molecular weight is 464 g/mol. The summed E-state index contributed by atoms with van der Waals surface area (Å²) in [5.74, 6) is 1.16. The molecule has 2 unspecified atom stereocenters. The summed E-state index contributed by atoms with van der Waals surface area (Å²) in [7, 11) is 0. The highest BCUT2D eigenvalue weighted by Crippen LogP contribution is 2.48. The van der Waals surface area contributed by atoms with Gasteiger partial charge in [0.05, 0.1) is 18.6 Å². The highest BCUT2D eigenvalue weighted by molar-refractivity contribution is 9.10. The van der Waals surface area contributed by atoms with Gasteiger partial charge in [-0.1, -0.05) is 52.3 Å². The van der Waals surface area contributed by atoms with Gasteiger partial charge in [-0.3, -0.25) is 4.98 Å².